The lowest BCUT2D eigenvalue weighted by molar-refractivity contribution is 0.425. The second kappa shape index (κ2) is 7.13. The van der Waals surface area contributed by atoms with Crippen molar-refractivity contribution in [3.8, 4) is 0 Å². The van der Waals surface area contributed by atoms with Gasteiger partial charge in [-0.1, -0.05) is 29.8 Å². The van der Waals surface area contributed by atoms with Gasteiger partial charge in [0.1, 0.15) is 5.82 Å². The molecule has 0 radical (unpaired) electrons. The Morgan fingerprint density at radius 1 is 1.05 bits per heavy atom. The molecule has 2 aromatic carbocycles. The van der Waals surface area contributed by atoms with Gasteiger partial charge < -0.3 is 10.0 Å². The first-order chi connectivity index (χ1) is 9.56. The average Bonchev–Trinajstić information content (AvgIpc) is 2.42. The minimum absolute atomic E-state index is 0.216. The van der Waals surface area contributed by atoms with E-state index >= 15 is 0 Å². The zero-order valence-electron chi connectivity index (χ0n) is 10.6. The lowest BCUT2D eigenvalue weighted by atomic mass is 9.77. The fraction of sp³-hybridized carbons (Fsp3) is 0.143. The molecule has 0 amide bonds. The summed E-state index contributed by atoms with van der Waals surface area (Å²) in [6.45, 7) is 0. The minimum atomic E-state index is -1.66. The molecule has 0 aromatic heterocycles. The molecule has 0 unspecified atom stereocenters. The molecule has 0 spiro atoms. The molecule has 0 aliphatic carbocycles. The Bertz CT molecular complexity index is 578. The highest BCUT2D eigenvalue weighted by molar-refractivity contribution is 7.97. The van der Waals surface area contributed by atoms with Crippen molar-refractivity contribution < 1.29 is 14.4 Å². The van der Waals surface area contributed by atoms with E-state index in [-0.39, 0.29) is 5.46 Å². The molecule has 104 valence electrons. The molecule has 0 saturated carbocycles. The number of halogens is 2. The highest BCUT2D eigenvalue weighted by atomic mass is 35.5. The molecule has 2 N–H and O–H groups in total. The van der Waals surface area contributed by atoms with Crippen LogP contribution in [0.5, 0.6) is 0 Å². The number of benzene rings is 2. The fourth-order valence-corrected chi connectivity index (χ4v) is 2.94. The summed E-state index contributed by atoms with van der Waals surface area (Å²) in [6.07, 6.45) is 0. The van der Waals surface area contributed by atoms with Gasteiger partial charge in [0, 0.05) is 16.5 Å². The van der Waals surface area contributed by atoms with E-state index < -0.39 is 12.9 Å². The van der Waals surface area contributed by atoms with Gasteiger partial charge >= 0.3 is 7.12 Å². The van der Waals surface area contributed by atoms with Gasteiger partial charge in [0.25, 0.3) is 0 Å². The molecule has 0 bridgehead atoms. The van der Waals surface area contributed by atoms with E-state index in [4.69, 9.17) is 11.6 Å². The van der Waals surface area contributed by atoms with Crippen LogP contribution in [-0.2, 0) is 11.5 Å². The number of hydrogen-bond acceptors (Lipinski definition) is 3. The Hall–Kier alpha value is -1.01. The molecule has 0 atom stereocenters. The van der Waals surface area contributed by atoms with Crippen molar-refractivity contribution in [3.05, 3.63) is 64.4 Å². The Kier molecular flexibility index (Phi) is 5.49. The quantitative estimate of drug-likeness (QED) is 0.834. The van der Waals surface area contributed by atoms with Gasteiger partial charge in [-0.15, -0.1) is 0 Å². The van der Waals surface area contributed by atoms with E-state index in [2.05, 4.69) is 0 Å². The number of rotatable bonds is 5. The lowest BCUT2D eigenvalue weighted by Gasteiger charge is -2.09. The van der Waals surface area contributed by atoms with Crippen molar-refractivity contribution in [2.45, 2.75) is 11.5 Å². The van der Waals surface area contributed by atoms with E-state index in [9.17, 15) is 14.4 Å². The largest absolute Gasteiger partial charge is 0.488 e. The van der Waals surface area contributed by atoms with Crippen LogP contribution in [-0.4, -0.2) is 17.2 Å². The third-order valence-electron chi connectivity index (χ3n) is 2.83. The van der Waals surface area contributed by atoms with Crippen molar-refractivity contribution in [1.82, 2.24) is 0 Å². The zero-order valence-corrected chi connectivity index (χ0v) is 12.2. The SMILES string of the molecule is OB(O)c1cc(F)ccc1CSCc1ccc(Cl)cc1. The first-order valence-corrected chi connectivity index (χ1v) is 7.56. The molecule has 0 heterocycles. The topological polar surface area (TPSA) is 40.5 Å². The van der Waals surface area contributed by atoms with E-state index in [1.165, 1.54) is 6.07 Å². The molecule has 20 heavy (non-hydrogen) atoms. The molecule has 0 aliphatic heterocycles. The van der Waals surface area contributed by atoms with Crippen LogP contribution in [0.1, 0.15) is 11.1 Å². The van der Waals surface area contributed by atoms with Crippen molar-refractivity contribution in [2.75, 3.05) is 0 Å². The summed E-state index contributed by atoms with van der Waals surface area (Å²) in [4.78, 5) is 0. The number of thioether (sulfide) groups is 1. The van der Waals surface area contributed by atoms with Crippen molar-refractivity contribution in [3.63, 3.8) is 0 Å². The Balaban J connectivity index is 1.99. The molecule has 2 nitrogen and oxygen atoms in total. The van der Waals surface area contributed by atoms with Gasteiger partial charge in [-0.3, -0.25) is 0 Å². The minimum Gasteiger partial charge on any atom is -0.423 e. The van der Waals surface area contributed by atoms with E-state index in [1.54, 1.807) is 17.8 Å². The summed E-state index contributed by atoms with van der Waals surface area (Å²) in [6, 6.07) is 11.6. The van der Waals surface area contributed by atoms with Crippen molar-refractivity contribution >= 4 is 35.9 Å². The second-order valence-corrected chi connectivity index (χ2v) is 5.76. The van der Waals surface area contributed by atoms with Crippen LogP contribution in [0.3, 0.4) is 0 Å². The normalized spacial score (nSPS) is 10.6. The van der Waals surface area contributed by atoms with E-state index in [0.717, 1.165) is 22.9 Å². The van der Waals surface area contributed by atoms with Crippen molar-refractivity contribution in [2.24, 2.45) is 0 Å². The molecular formula is C14H13BClFO2S. The second-order valence-electron chi connectivity index (χ2n) is 4.34. The average molecular weight is 311 g/mol. The maximum absolute atomic E-state index is 13.1. The monoisotopic (exact) mass is 310 g/mol. The lowest BCUT2D eigenvalue weighted by Crippen LogP contribution is -2.33. The summed E-state index contributed by atoms with van der Waals surface area (Å²) in [5, 5.41) is 19.2. The van der Waals surface area contributed by atoms with Crippen molar-refractivity contribution in [1.29, 1.82) is 0 Å². The van der Waals surface area contributed by atoms with Gasteiger partial charge in [0.05, 0.1) is 0 Å². The summed E-state index contributed by atoms with van der Waals surface area (Å²) in [5.74, 6) is 0.880. The molecule has 2 aromatic rings. The first-order valence-electron chi connectivity index (χ1n) is 6.03. The van der Waals surface area contributed by atoms with E-state index in [1.807, 2.05) is 24.3 Å². The molecule has 6 heteroatoms. The predicted molar refractivity (Wildman–Crippen MR) is 82.7 cm³/mol. The summed E-state index contributed by atoms with van der Waals surface area (Å²) in [5.41, 5.74) is 2.07. The number of hydrogen-bond donors (Lipinski definition) is 2. The Morgan fingerprint density at radius 2 is 1.75 bits per heavy atom. The van der Waals surface area contributed by atoms with Gasteiger partial charge in [0.2, 0.25) is 0 Å². The predicted octanol–water partition coefficient (Wildman–Crippen LogP) is 2.59. The van der Waals surface area contributed by atoms with Crippen LogP contribution in [0.2, 0.25) is 5.02 Å². The van der Waals surface area contributed by atoms with Crippen LogP contribution in [0.4, 0.5) is 4.39 Å². The highest BCUT2D eigenvalue weighted by Crippen LogP contribution is 2.19. The summed E-state index contributed by atoms with van der Waals surface area (Å²) >= 11 is 7.43. The van der Waals surface area contributed by atoms with Gasteiger partial charge in [-0.25, -0.2) is 4.39 Å². The standard InChI is InChI=1S/C14H13BClFO2S/c16-12-4-1-10(2-5-12)8-20-9-11-3-6-13(17)7-14(11)15(18)19/h1-7,18-19H,8-9H2. The summed E-state index contributed by atoms with van der Waals surface area (Å²) < 4.78 is 13.1. The molecule has 2 rings (SSSR count). The van der Waals surface area contributed by atoms with Gasteiger partial charge in [-0.05, 0) is 40.9 Å². The zero-order chi connectivity index (χ0) is 14.5. The van der Waals surface area contributed by atoms with Crippen LogP contribution >= 0.6 is 23.4 Å². The van der Waals surface area contributed by atoms with E-state index in [0.29, 0.717) is 10.8 Å². The van der Waals surface area contributed by atoms with Crippen LogP contribution in [0.15, 0.2) is 42.5 Å². The maximum atomic E-state index is 13.1. The third-order valence-corrected chi connectivity index (χ3v) is 4.13. The Morgan fingerprint density at radius 3 is 2.40 bits per heavy atom. The maximum Gasteiger partial charge on any atom is 0.488 e. The molecule has 0 fully saturated rings. The molecule has 0 saturated heterocycles. The van der Waals surface area contributed by atoms with Gasteiger partial charge in [-0.2, -0.15) is 11.8 Å². The summed E-state index contributed by atoms with van der Waals surface area (Å²) in [7, 11) is -1.66. The van der Waals surface area contributed by atoms with Gasteiger partial charge in [0.15, 0.2) is 0 Å². The highest BCUT2D eigenvalue weighted by Gasteiger charge is 2.16. The first kappa shape index (κ1) is 15.4. The van der Waals surface area contributed by atoms with Crippen LogP contribution in [0.25, 0.3) is 0 Å². The third kappa shape index (κ3) is 4.25. The van der Waals surface area contributed by atoms with Crippen LogP contribution < -0.4 is 5.46 Å². The molecular weight excluding hydrogens is 297 g/mol. The smallest absolute Gasteiger partial charge is 0.423 e. The fourth-order valence-electron chi connectivity index (χ4n) is 1.80. The molecule has 0 aliphatic rings. The van der Waals surface area contributed by atoms with Crippen LogP contribution in [0, 0.1) is 5.82 Å². The Labute approximate surface area is 126 Å².